The summed E-state index contributed by atoms with van der Waals surface area (Å²) in [5.74, 6) is 1.93. The van der Waals surface area contributed by atoms with Crippen LogP contribution >= 0.6 is 23.4 Å². The Morgan fingerprint density at radius 3 is 2.36 bits per heavy atom. The first-order valence-electron chi connectivity index (χ1n) is 21.6. The molecule has 334 valence electrons. The Morgan fingerprint density at radius 1 is 1.02 bits per heavy atom. The number of aliphatic hydroxyl groups is 3. The fourth-order valence-corrected chi connectivity index (χ4v) is 9.68. The summed E-state index contributed by atoms with van der Waals surface area (Å²) in [6.45, 7) is 8.62. The number of methoxy groups -OCH3 is 1. The molecule has 4 heterocycles. The van der Waals surface area contributed by atoms with Crippen LogP contribution in [0.4, 0.5) is 10.3 Å². The Labute approximate surface area is 369 Å². The van der Waals surface area contributed by atoms with Crippen molar-refractivity contribution in [1.82, 2.24) is 24.7 Å². The molecule has 3 aliphatic heterocycles. The van der Waals surface area contributed by atoms with Crippen molar-refractivity contribution >= 4 is 46.3 Å². The van der Waals surface area contributed by atoms with Crippen molar-refractivity contribution in [3.63, 3.8) is 0 Å². The number of benzene rings is 3. The summed E-state index contributed by atoms with van der Waals surface area (Å²) in [4.78, 5) is 22.4. The lowest BCUT2D eigenvalue weighted by molar-refractivity contribution is -0.205. The Kier molecular flexibility index (Phi) is 17.1. The van der Waals surface area contributed by atoms with E-state index in [1.807, 2.05) is 54.4 Å². The topological polar surface area (TPSA) is 145 Å². The molecule has 0 bridgehead atoms. The van der Waals surface area contributed by atoms with Crippen LogP contribution in [0.2, 0.25) is 0 Å². The SMILES string of the molecule is CCC[C@@H]1C[C@@H](C(=O)N[C@@H]([C@H]2O[C@H](SC)[C@H](O)[C@@H](O)[C@H]2O)[C@H](C)Cl)N(C)C1.COc1ccc(CCN2CCC(Nc3nc4ccccc4n3Cc3ccc(F)cc3)CC2)cc1. The molecule has 61 heavy (non-hydrogen) atoms. The molecule has 0 unspecified atom stereocenters. The van der Waals surface area contributed by atoms with Crippen molar-refractivity contribution in [3.8, 4) is 5.75 Å². The number of piperidine rings is 1. The molecule has 9 atom stereocenters. The van der Waals surface area contributed by atoms with Crippen LogP contribution in [-0.4, -0.2) is 141 Å². The van der Waals surface area contributed by atoms with Gasteiger partial charge in [0.25, 0.3) is 0 Å². The number of nitrogens with zero attached hydrogens (tertiary/aromatic N) is 4. The molecule has 3 fully saturated rings. The summed E-state index contributed by atoms with van der Waals surface area (Å²) >= 11 is 7.55. The van der Waals surface area contributed by atoms with Crippen molar-refractivity contribution in [2.24, 2.45) is 5.92 Å². The van der Waals surface area contributed by atoms with Crippen LogP contribution in [-0.2, 0) is 22.5 Å². The molecule has 15 heteroatoms. The molecule has 0 saturated carbocycles. The Hall–Kier alpha value is -3.47. The zero-order chi connectivity index (χ0) is 43.6. The molecule has 12 nitrogen and oxygen atoms in total. The molecule has 3 aromatic carbocycles. The standard InChI is InChI=1S/C28H31FN4O.C18H33ClN2O5S/c1-34-25-12-8-21(9-13-25)14-17-32-18-15-24(16-19-32)30-28-31-26-4-2-3-5-27(26)33(28)20-22-6-10-23(29)11-7-22;1-5-6-10-7-11(21(3)8-10)17(25)20-12(9(2)19)16-14(23)13(22)15(24)18(26-16)27-4/h2-13,24H,14-20H2,1H3,(H,30,31);9-16,18,22-24H,5-8H2,1-4H3,(H,20,25)/t;9-,10+,11-,12+,13-,14+,15+,16+,18+/m.0/s1. The molecular formula is C46H64ClFN6O6S. The van der Waals surface area contributed by atoms with E-state index in [-0.39, 0.29) is 17.8 Å². The number of ether oxygens (including phenoxy) is 2. The van der Waals surface area contributed by atoms with E-state index in [2.05, 4.69) is 45.2 Å². The highest BCUT2D eigenvalue weighted by molar-refractivity contribution is 7.99. The number of hydrogen-bond donors (Lipinski definition) is 5. The quantitative estimate of drug-likeness (QED) is 0.0934. The maximum absolute atomic E-state index is 13.4. The fraction of sp³-hybridized carbons (Fsp3) is 0.565. The maximum Gasteiger partial charge on any atom is 0.237 e. The number of fused-ring (bicyclic) bond motifs is 1. The van der Waals surface area contributed by atoms with E-state index in [1.54, 1.807) is 20.3 Å². The van der Waals surface area contributed by atoms with E-state index in [1.165, 1.54) is 29.5 Å². The first kappa shape index (κ1) is 47.0. The Balaban J connectivity index is 0.000000210. The number of halogens is 2. The molecule has 0 spiro atoms. The number of para-hydroxylation sites is 2. The number of rotatable bonds is 15. The van der Waals surface area contributed by atoms with E-state index in [0.717, 1.165) is 93.0 Å². The smallest absolute Gasteiger partial charge is 0.237 e. The summed E-state index contributed by atoms with van der Waals surface area (Å²) in [5, 5.41) is 36.7. The van der Waals surface area contributed by atoms with Crippen molar-refractivity contribution < 1.29 is 34.0 Å². The number of carbonyl (C=O) groups is 1. The maximum atomic E-state index is 13.4. The van der Waals surface area contributed by atoms with Crippen molar-refractivity contribution in [1.29, 1.82) is 0 Å². The predicted molar refractivity (Wildman–Crippen MR) is 242 cm³/mol. The summed E-state index contributed by atoms with van der Waals surface area (Å²) in [6.07, 6.45) is 3.12. The first-order chi connectivity index (χ1) is 29.4. The Morgan fingerprint density at radius 2 is 1.70 bits per heavy atom. The number of carbonyl (C=O) groups excluding carboxylic acids is 1. The van der Waals surface area contributed by atoms with Gasteiger partial charge in [0.05, 0.1) is 42.1 Å². The van der Waals surface area contributed by atoms with Crippen LogP contribution in [0.1, 0.15) is 57.1 Å². The fourth-order valence-electron chi connectivity index (χ4n) is 8.79. The van der Waals surface area contributed by atoms with Crippen LogP contribution in [0.15, 0.2) is 72.8 Å². The molecular weight excluding hydrogens is 819 g/mol. The summed E-state index contributed by atoms with van der Waals surface area (Å²) in [7, 11) is 3.64. The number of hydrogen-bond acceptors (Lipinski definition) is 11. The number of aliphatic hydroxyl groups excluding tert-OH is 3. The van der Waals surface area contributed by atoms with Gasteiger partial charge in [-0.2, -0.15) is 0 Å². The van der Waals surface area contributed by atoms with Crippen molar-refractivity contribution in [2.75, 3.05) is 51.9 Å². The van der Waals surface area contributed by atoms with Gasteiger partial charge in [-0.25, -0.2) is 9.37 Å². The van der Waals surface area contributed by atoms with Gasteiger partial charge >= 0.3 is 0 Å². The molecule has 0 radical (unpaired) electrons. The predicted octanol–water partition coefficient (Wildman–Crippen LogP) is 5.74. The van der Waals surface area contributed by atoms with Gasteiger partial charge in [0.2, 0.25) is 11.9 Å². The average Bonchev–Trinajstić information content (AvgIpc) is 3.81. The average molecular weight is 884 g/mol. The Bertz CT molecular complexity index is 1970. The second kappa shape index (κ2) is 22.2. The number of likely N-dealkylation sites (N-methyl/N-ethyl adjacent to an activating group) is 1. The minimum atomic E-state index is -1.36. The number of amides is 1. The lowest BCUT2D eigenvalue weighted by Crippen LogP contribution is -2.65. The summed E-state index contributed by atoms with van der Waals surface area (Å²) in [6, 6.07) is 22.7. The highest BCUT2D eigenvalue weighted by atomic mass is 35.5. The number of nitrogens with one attached hydrogen (secondary N) is 2. The van der Waals surface area contributed by atoms with E-state index in [0.29, 0.717) is 18.5 Å². The molecule has 1 amide bonds. The number of anilines is 1. The number of alkyl halides is 1. The third-order valence-electron chi connectivity index (χ3n) is 12.3. The lowest BCUT2D eigenvalue weighted by atomic mass is 9.92. The minimum absolute atomic E-state index is 0.147. The molecule has 3 saturated heterocycles. The molecule has 5 N–H and O–H groups in total. The molecule has 4 aromatic rings. The summed E-state index contributed by atoms with van der Waals surface area (Å²) < 4.78 is 26.6. The zero-order valence-electron chi connectivity index (χ0n) is 36.0. The van der Waals surface area contributed by atoms with Crippen LogP contribution in [0.5, 0.6) is 5.75 Å². The highest BCUT2D eigenvalue weighted by Crippen LogP contribution is 2.32. The van der Waals surface area contributed by atoms with Crippen molar-refractivity contribution in [3.05, 3.63) is 89.7 Å². The van der Waals surface area contributed by atoms with Gasteiger partial charge in [-0.3, -0.25) is 9.69 Å². The van der Waals surface area contributed by atoms with Gasteiger partial charge < -0.3 is 44.9 Å². The van der Waals surface area contributed by atoms with Gasteiger partial charge in [0.15, 0.2) is 0 Å². The molecule has 7 rings (SSSR count). The van der Waals surface area contributed by atoms with Crippen LogP contribution in [0.3, 0.4) is 0 Å². The number of imidazole rings is 1. The zero-order valence-corrected chi connectivity index (χ0v) is 37.6. The largest absolute Gasteiger partial charge is 0.497 e. The van der Waals surface area contributed by atoms with E-state index in [9.17, 15) is 24.5 Å². The second-order valence-electron chi connectivity index (χ2n) is 16.7. The van der Waals surface area contributed by atoms with Gasteiger partial charge in [-0.15, -0.1) is 23.4 Å². The van der Waals surface area contributed by atoms with Gasteiger partial charge in [-0.05, 0) is 106 Å². The van der Waals surface area contributed by atoms with Crippen LogP contribution in [0.25, 0.3) is 11.0 Å². The van der Waals surface area contributed by atoms with Crippen LogP contribution in [0, 0.1) is 11.7 Å². The molecule has 0 aliphatic carbocycles. The third-order valence-corrected chi connectivity index (χ3v) is 13.5. The van der Waals surface area contributed by atoms with Gasteiger partial charge in [-0.1, -0.05) is 49.7 Å². The third kappa shape index (κ3) is 12.2. The van der Waals surface area contributed by atoms with Crippen molar-refractivity contribution in [2.45, 2.75) is 112 Å². The van der Waals surface area contributed by atoms with E-state index >= 15 is 0 Å². The number of likely N-dealkylation sites (tertiary alicyclic amines) is 2. The monoisotopic (exact) mass is 882 g/mol. The van der Waals surface area contributed by atoms with E-state index < -0.39 is 41.3 Å². The lowest BCUT2D eigenvalue weighted by Gasteiger charge is -2.44. The second-order valence-corrected chi connectivity index (χ2v) is 18.4. The van der Waals surface area contributed by atoms with Gasteiger partial charge in [0, 0.05) is 32.2 Å². The molecule has 3 aliphatic rings. The van der Waals surface area contributed by atoms with Crippen LogP contribution < -0.4 is 15.4 Å². The minimum Gasteiger partial charge on any atom is -0.497 e. The van der Waals surface area contributed by atoms with Gasteiger partial charge in [0.1, 0.15) is 41.4 Å². The van der Waals surface area contributed by atoms with E-state index in [4.69, 9.17) is 26.1 Å². The number of aromatic nitrogens is 2. The number of thioether (sulfide) groups is 1. The normalized spacial score (nSPS) is 26.0. The highest BCUT2D eigenvalue weighted by Gasteiger charge is 2.48. The first-order valence-corrected chi connectivity index (χ1v) is 23.3. The summed E-state index contributed by atoms with van der Waals surface area (Å²) in [5.41, 5.74) is 3.76. The molecule has 1 aromatic heterocycles.